The Labute approximate surface area is 118 Å². The highest BCUT2D eigenvalue weighted by molar-refractivity contribution is 7.12. The number of ether oxygens (including phenoxy) is 1. The predicted molar refractivity (Wildman–Crippen MR) is 73.6 cm³/mol. The van der Waals surface area contributed by atoms with Crippen molar-refractivity contribution in [1.29, 1.82) is 0 Å². The molecular formula is C13H11NO5S. The number of hydrogen-bond donors (Lipinski definition) is 1. The van der Waals surface area contributed by atoms with Gasteiger partial charge in [0.1, 0.15) is 5.75 Å². The Morgan fingerprint density at radius 3 is 2.80 bits per heavy atom. The van der Waals surface area contributed by atoms with Gasteiger partial charge in [-0.15, -0.1) is 11.3 Å². The van der Waals surface area contributed by atoms with Gasteiger partial charge in [0, 0.05) is 18.1 Å². The summed E-state index contributed by atoms with van der Waals surface area (Å²) in [5.74, 6) is -0.748. The second-order valence-electron chi connectivity index (χ2n) is 3.90. The number of aromatic carboxylic acids is 1. The molecule has 1 aromatic carbocycles. The van der Waals surface area contributed by atoms with E-state index in [1.54, 1.807) is 29.6 Å². The van der Waals surface area contributed by atoms with E-state index in [-0.39, 0.29) is 17.2 Å². The van der Waals surface area contributed by atoms with E-state index < -0.39 is 10.9 Å². The fourth-order valence-electron chi connectivity index (χ4n) is 1.74. The second kappa shape index (κ2) is 6.16. The summed E-state index contributed by atoms with van der Waals surface area (Å²) in [5, 5.41) is 21.4. The lowest BCUT2D eigenvalue weighted by Gasteiger charge is -2.06. The van der Waals surface area contributed by atoms with Crippen LogP contribution in [0.3, 0.4) is 0 Å². The van der Waals surface area contributed by atoms with E-state index in [9.17, 15) is 14.9 Å². The molecular weight excluding hydrogens is 282 g/mol. The Bertz CT molecular complexity index is 637. The van der Waals surface area contributed by atoms with Crippen molar-refractivity contribution in [3.05, 3.63) is 56.3 Å². The van der Waals surface area contributed by atoms with Crippen molar-refractivity contribution >= 4 is 23.0 Å². The summed E-state index contributed by atoms with van der Waals surface area (Å²) in [6.07, 6.45) is 0.339. The normalized spacial score (nSPS) is 10.2. The Balaban J connectivity index is 2.01. The summed E-state index contributed by atoms with van der Waals surface area (Å²) in [5.41, 5.74) is 0.601. The summed E-state index contributed by atoms with van der Waals surface area (Å²) in [4.78, 5) is 21.4. The van der Waals surface area contributed by atoms with Crippen LogP contribution >= 0.6 is 11.3 Å². The molecule has 0 spiro atoms. The average Bonchev–Trinajstić information content (AvgIpc) is 2.87. The van der Waals surface area contributed by atoms with Gasteiger partial charge in [-0.2, -0.15) is 0 Å². The van der Waals surface area contributed by atoms with Crippen LogP contribution in [0.5, 0.6) is 5.75 Å². The molecule has 1 heterocycles. The number of para-hydroxylation sites is 1. The third-order valence-corrected chi connectivity index (χ3v) is 3.52. The van der Waals surface area contributed by atoms with Gasteiger partial charge in [-0.25, -0.2) is 4.79 Å². The summed E-state index contributed by atoms with van der Waals surface area (Å²) >= 11 is 1.08. The topological polar surface area (TPSA) is 89.7 Å². The average molecular weight is 293 g/mol. The van der Waals surface area contributed by atoms with Crippen molar-refractivity contribution in [2.45, 2.75) is 6.42 Å². The molecule has 0 unspecified atom stereocenters. The van der Waals surface area contributed by atoms with Crippen LogP contribution in [-0.2, 0) is 6.42 Å². The van der Waals surface area contributed by atoms with Crippen molar-refractivity contribution in [3.63, 3.8) is 0 Å². The number of rotatable bonds is 6. The van der Waals surface area contributed by atoms with E-state index in [1.807, 2.05) is 0 Å². The molecule has 6 nitrogen and oxygen atoms in total. The lowest BCUT2D eigenvalue weighted by molar-refractivity contribution is -0.385. The van der Waals surface area contributed by atoms with Crippen LogP contribution in [-0.4, -0.2) is 22.6 Å². The molecule has 0 saturated heterocycles. The first-order chi connectivity index (χ1) is 9.59. The first kappa shape index (κ1) is 14.0. The molecule has 0 aliphatic heterocycles. The Kier molecular flexibility index (Phi) is 4.31. The third kappa shape index (κ3) is 3.12. The van der Waals surface area contributed by atoms with E-state index >= 15 is 0 Å². The fourth-order valence-corrected chi connectivity index (χ4v) is 2.41. The number of nitro benzene ring substituents is 1. The molecule has 0 saturated carbocycles. The van der Waals surface area contributed by atoms with Gasteiger partial charge < -0.3 is 9.84 Å². The number of carbonyl (C=O) groups is 1. The molecule has 104 valence electrons. The minimum Gasteiger partial charge on any atom is -0.491 e. The van der Waals surface area contributed by atoms with Crippen molar-refractivity contribution in [3.8, 4) is 5.75 Å². The number of nitro groups is 1. The zero-order valence-electron chi connectivity index (χ0n) is 10.3. The molecule has 0 fully saturated rings. The number of hydrogen-bond acceptors (Lipinski definition) is 5. The number of carboxylic acids is 1. The summed E-state index contributed by atoms with van der Waals surface area (Å²) in [6, 6.07) is 7.99. The molecule has 7 heteroatoms. The lowest BCUT2D eigenvalue weighted by atomic mass is 10.1. The van der Waals surface area contributed by atoms with E-state index in [1.165, 1.54) is 6.07 Å². The SMILES string of the molecule is O=C(O)c1sccc1OCCc1ccccc1[N+](=O)[O-]. The highest BCUT2D eigenvalue weighted by atomic mass is 32.1. The standard InChI is InChI=1S/C13H11NO5S/c15-13(16)12-11(6-8-20-12)19-7-5-9-3-1-2-4-10(9)14(17)18/h1-4,6,8H,5,7H2,(H,15,16). The monoisotopic (exact) mass is 293 g/mol. The predicted octanol–water partition coefficient (Wildman–Crippen LogP) is 2.98. The summed E-state index contributed by atoms with van der Waals surface area (Å²) < 4.78 is 5.38. The van der Waals surface area contributed by atoms with Gasteiger partial charge in [-0.05, 0) is 11.4 Å². The Morgan fingerprint density at radius 1 is 1.35 bits per heavy atom. The van der Waals surface area contributed by atoms with E-state index in [0.717, 1.165) is 11.3 Å². The maximum Gasteiger partial charge on any atom is 0.349 e. The van der Waals surface area contributed by atoms with Gasteiger partial charge in [-0.3, -0.25) is 10.1 Å². The first-order valence-corrected chi connectivity index (χ1v) is 6.63. The van der Waals surface area contributed by atoms with E-state index in [0.29, 0.717) is 17.7 Å². The Morgan fingerprint density at radius 2 is 2.10 bits per heavy atom. The second-order valence-corrected chi connectivity index (χ2v) is 4.82. The maximum atomic E-state index is 10.9. The molecule has 2 aromatic rings. The molecule has 0 amide bonds. The first-order valence-electron chi connectivity index (χ1n) is 5.75. The van der Waals surface area contributed by atoms with Gasteiger partial charge in [0.25, 0.3) is 5.69 Å². The third-order valence-electron chi connectivity index (χ3n) is 2.64. The molecule has 0 atom stereocenters. The van der Waals surface area contributed by atoms with Crippen molar-refractivity contribution in [2.75, 3.05) is 6.61 Å². The van der Waals surface area contributed by atoms with Gasteiger partial charge in [-0.1, -0.05) is 18.2 Å². The Hall–Kier alpha value is -2.41. The van der Waals surface area contributed by atoms with Crippen LogP contribution < -0.4 is 4.74 Å². The zero-order valence-corrected chi connectivity index (χ0v) is 11.1. The van der Waals surface area contributed by atoms with Crippen LogP contribution in [0.4, 0.5) is 5.69 Å². The van der Waals surface area contributed by atoms with E-state index in [4.69, 9.17) is 9.84 Å². The zero-order chi connectivity index (χ0) is 14.5. The summed E-state index contributed by atoms with van der Waals surface area (Å²) in [6.45, 7) is 0.182. The number of benzene rings is 1. The molecule has 0 radical (unpaired) electrons. The lowest BCUT2D eigenvalue weighted by Crippen LogP contribution is -2.05. The highest BCUT2D eigenvalue weighted by Gasteiger charge is 2.15. The van der Waals surface area contributed by atoms with Crippen LogP contribution in [0.1, 0.15) is 15.2 Å². The molecule has 2 rings (SSSR count). The quantitative estimate of drug-likeness (QED) is 0.653. The van der Waals surface area contributed by atoms with Crippen LogP contribution in [0.2, 0.25) is 0 Å². The largest absolute Gasteiger partial charge is 0.491 e. The summed E-state index contributed by atoms with van der Waals surface area (Å²) in [7, 11) is 0. The van der Waals surface area contributed by atoms with Gasteiger partial charge in [0.2, 0.25) is 0 Å². The molecule has 0 bridgehead atoms. The van der Waals surface area contributed by atoms with Gasteiger partial charge in [0.05, 0.1) is 11.5 Å². The molecule has 1 N–H and O–H groups in total. The van der Waals surface area contributed by atoms with Gasteiger partial charge in [0.15, 0.2) is 4.88 Å². The minimum absolute atomic E-state index is 0.0416. The molecule has 1 aromatic heterocycles. The van der Waals surface area contributed by atoms with Crippen LogP contribution in [0.15, 0.2) is 35.7 Å². The fraction of sp³-hybridized carbons (Fsp3) is 0.154. The maximum absolute atomic E-state index is 10.9. The van der Waals surface area contributed by atoms with Crippen LogP contribution in [0, 0.1) is 10.1 Å². The van der Waals surface area contributed by atoms with Crippen molar-refractivity contribution in [2.24, 2.45) is 0 Å². The van der Waals surface area contributed by atoms with Crippen molar-refractivity contribution in [1.82, 2.24) is 0 Å². The molecule has 0 aliphatic rings. The van der Waals surface area contributed by atoms with Gasteiger partial charge >= 0.3 is 5.97 Å². The number of nitrogens with zero attached hydrogens (tertiary/aromatic N) is 1. The van der Waals surface area contributed by atoms with E-state index in [2.05, 4.69) is 0 Å². The molecule has 20 heavy (non-hydrogen) atoms. The van der Waals surface area contributed by atoms with Crippen LogP contribution in [0.25, 0.3) is 0 Å². The minimum atomic E-state index is -1.04. The molecule has 0 aliphatic carbocycles. The van der Waals surface area contributed by atoms with Crippen molar-refractivity contribution < 1.29 is 19.6 Å². The number of carboxylic acid groups (broad SMARTS) is 1. The highest BCUT2D eigenvalue weighted by Crippen LogP contribution is 2.25. The number of thiophene rings is 1. The smallest absolute Gasteiger partial charge is 0.349 e.